The van der Waals surface area contributed by atoms with E-state index in [-0.39, 0.29) is 22.3 Å². The van der Waals surface area contributed by atoms with Gasteiger partial charge in [-0.05, 0) is 129 Å². The van der Waals surface area contributed by atoms with Crippen molar-refractivity contribution in [3.63, 3.8) is 0 Å². The molecule has 32 heavy (non-hydrogen) atoms. The summed E-state index contributed by atoms with van der Waals surface area (Å²) in [4.78, 5) is 2.86. The summed E-state index contributed by atoms with van der Waals surface area (Å²) in [5, 5.41) is 3.66. The molecule has 0 aromatic carbocycles. The minimum Gasteiger partial charge on any atom is -0.367 e. The van der Waals surface area contributed by atoms with Crippen LogP contribution in [0.5, 0.6) is 0 Å². The van der Waals surface area contributed by atoms with Gasteiger partial charge in [-0.25, -0.2) is 0 Å². The fourth-order valence-electron chi connectivity index (χ4n) is 8.16. The number of fused-ring (bicyclic) bond motifs is 3. The lowest BCUT2D eigenvalue weighted by Gasteiger charge is -2.66. The van der Waals surface area contributed by atoms with Crippen molar-refractivity contribution in [1.29, 1.82) is 0 Å². The molecule has 3 heteroatoms. The number of piperidine rings is 1. The van der Waals surface area contributed by atoms with Crippen LogP contribution in [0.4, 0.5) is 0 Å². The predicted molar refractivity (Wildman–Crippen MR) is 136 cm³/mol. The van der Waals surface area contributed by atoms with Gasteiger partial charge in [0.15, 0.2) is 0 Å². The minimum atomic E-state index is -0.112. The first-order chi connectivity index (χ1) is 14.6. The smallest absolute Gasteiger partial charge is 0.0827 e. The fraction of sp³-hybridized carbons (Fsp3) is 1.00. The first-order valence-corrected chi connectivity index (χ1v) is 13.8. The summed E-state index contributed by atoms with van der Waals surface area (Å²) in [7, 11) is 0. The molecular formula is C29H54N2O. The zero-order valence-corrected chi connectivity index (χ0v) is 23.2. The maximum absolute atomic E-state index is 7.07. The maximum atomic E-state index is 7.07. The highest BCUT2D eigenvalue weighted by Gasteiger charge is 2.64. The molecule has 2 aliphatic heterocycles. The Morgan fingerprint density at radius 1 is 0.875 bits per heavy atom. The Bertz CT molecular complexity index is 675. The van der Waals surface area contributed by atoms with Crippen LogP contribution in [0.1, 0.15) is 121 Å². The summed E-state index contributed by atoms with van der Waals surface area (Å²) in [5.74, 6) is 1.75. The molecule has 5 fully saturated rings. The average Bonchev–Trinajstić information content (AvgIpc) is 3.37. The van der Waals surface area contributed by atoms with Crippen LogP contribution < -0.4 is 5.32 Å². The summed E-state index contributed by atoms with van der Waals surface area (Å²) in [6.45, 7) is 27.0. The summed E-state index contributed by atoms with van der Waals surface area (Å²) >= 11 is 0. The van der Waals surface area contributed by atoms with Gasteiger partial charge in [-0.2, -0.15) is 0 Å². The molecular weight excluding hydrogens is 392 g/mol. The Morgan fingerprint density at radius 3 is 1.75 bits per heavy atom. The molecule has 2 saturated heterocycles. The molecule has 0 aromatic heterocycles. The first kappa shape index (κ1) is 25.0. The van der Waals surface area contributed by atoms with E-state index >= 15 is 0 Å². The van der Waals surface area contributed by atoms with E-state index in [1.165, 1.54) is 64.5 Å². The Kier molecular flexibility index (Phi) is 6.00. The first-order valence-electron chi connectivity index (χ1n) is 13.8. The van der Waals surface area contributed by atoms with Crippen LogP contribution >= 0.6 is 0 Å². The Morgan fingerprint density at radius 2 is 1.34 bits per heavy atom. The normalized spacial score (nSPS) is 39.7. The van der Waals surface area contributed by atoms with E-state index in [0.29, 0.717) is 16.9 Å². The molecule has 3 aliphatic carbocycles. The molecule has 0 aromatic rings. The molecule has 2 atom stereocenters. The van der Waals surface area contributed by atoms with Gasteiger partial charge in [0, 0.05) is 11.6 Å². The van der Waals surface area contributed by atoms with Crippen LogP contribution in [0.3, 0.4) is 0 Å². The summed E-state index contributed by atoms with van der Waals surface area (Å²) in [6, 6.07) is 0.555. The quantitative estimate of drug-likeness (QED) is 0.437. The molecule has 5 rings (SSSR count). The van der Waals surface area contributed by atoms with E-state index < -0.39 is 0 Å². The molecule has 5 aliphatic rings. The number of nitrogens with one attached hydrogen (secondary N) is 1. The standard InChI is InChI=1S/C29H54N2O/c1-21(2)23-11-19-31(20-12-23)25(6,7)24(4,5)28-13-16-29(17-14-28,18-15-28)32-26(8,9)27(10)22(3)30-27/h21-23,30H,11-20H2,1-10H3. The summed E-state index contributed by atoms with van der Waals surface area (Å²) in [6.07, 6.45) is 10.5. The third-order valence-electron chi connectivity index (χ3n) is 12.3. The van der Waals surface area contributed by atoms with Crippen molar-refractivity contribution in [3.05, 3.63) is 0 Å². The Hall–Kier alpha value is -0.120. The largest absolute Gasteiger partial charge is 0.367 e. The molecule has 0 radical (unpaired) electrons. The van der Waals surface area contributed by atoms with Gasteiger partial charge < -0.3 is 10.1 Å². The second-order valence-electron chi connectivity index (χ2n) is 14.4. The molecule has 3 nitrogen and oxygen atoms in total. The van der Waals surface area contributed by atoms with E-state index in [0.717, 1.165) is 11.8 Å². The summed E-state index contributed by atoms with van der Waals surface area (Å²) < 4.78 is 7.07. The van der Waals surface area contributed by atoms with Crippen LogP contribution in [-0.4, -0.2) is 46.3 Å². The zero-order chi connectivity index (χ0) is 23.8. The SMILES string of the molecule is CC(C)C1CCN(C(C)(C)C(C)(C)C23CCC(OC(C)(C)C4(C)NC4C)(CC2)CC3)CC1. The van der Waals surface area contributed by atoms with Crippen LogP contribution in [0, 0.1) is 22.7 Å². The van der Waals surface area contributed by atoms with Gasteiger partial charge in [0.05, 0.1) is 16.7 Å². The monoisotopic (exact) mass is 446 g/mol. The van der Waals surface area contributed by atoms with Gasteiger partial charge in [0.25, 0.3) is 0 Å². The molecule has 186 valence electrons. The summed E-state index contributed by atoms with van der Waals surface area (Å²) in [5.41, 5.74) is 1.10. The number of nitrogens with zero attached hydrogens (tertiary/aromatic N) is 1. The van der Waals surface area contributed by atoms with Crippen molar-refractivity contribution in [2.75, 3.05) is 13.1 Å². The van der Waals surface area contributed by atoms with Gasteiger partial charge >= 0.3 is 0 Å². The fourth-order valence-corrected chi connectivity index (χ4v) is 8.16. The van der Waals surface area contributed by atoms with Gasteiger partial charge in [0.2, 0.25) is 0 Å². The van der Waals surface area contributed by atoms with E-state index in [9.17, 15) is 0 Å². The van der Waals surface area contributed by atoms with Crippen molar-refractivity contribution >= 4 is 0 Å². The van der Waals surface area contributed by atoms with Crippen LogP contribution in [0.25, 0.3) is 0 Å². The van der Waals surface area contributed by atoms with Gasteiger partial charge in [-0.1, -0.05) is 27.7 Å². The number of hydrogen-bond donors (Lipinski definition) is 1. The van der Waals surface area contributed by atoms with E-state index in [1.807, 2.05) is 0 Å². The van der Waals surface area contributed by atoms with Crippen molar-refractivity contribution < 1.29 is 4.74 Å². The third kappa shape index (κ3) is 3.63. The molecule has 2 heterocycles. The van der Waals surface area contributed by atoms with Crippen LogP contribution in [0.2, 0.25) is 0 Å². The highest BCUT2D eigenvalue weighted by atomic mass is 16.5. The minimum absolute atomic E-state index is 0.105. The lowest BCUT2D eigenvalue weighted by Crippen LogP contribution is -2.65. The number of ether oxygens (including phenoxy) is 1. The van der Waals surface area contributed by atoms with Crippen LogP contribution in [0.15, 0.2) is 0 Å². The lowest BCUT2D eigenvalue weighted by molar-refractivity contribution is -0.233. The second kappa shape index (κ2) is 7.69. The number of rotatable bonds is 7. The van der Waals surface area contributed by atoms with Crippen molar-refractivity contribution in [3.8, 4) is 0 Å². The second-order valence-corrected chi connectivity index (χ2v) is 14.4. The van der Waals surface area contributed by atoms with E-state index in [1.54, 1.807) is 0 Å². The highest BCUT2D eigenvalue weighted by Crippen LogP contribution is 2.65. The molecule has 0 spiro atoms. The highest BCUT2D eigenvalue weighted by molar-refractivity contribution is 5.20. The molecule has 2 unspecified atom stereocenters. The van der Waals surface area contributed by atoms with Gasteiger partial charge in [-0.3, -0.25) is 4.90 Å². The zero-order valence-electron chi connectivity index (χ0n) is 23.2. The van der Waals surface area contributed by atoms with Gasteiger partial charge in [-0.15, -0.1) is 0 Å². The average molecular weight is 447 g/mol. The number of hydrogen-bond acceptors (Lipinski definition) is 3. The van der Waals surface area contributed by atoms with Crippen molar-refractivity contribution in [2.24, 2.45) is 22.7 Å². The van der Waals surface area contributed by atoms with E-state index in [4.69, 9.17) is 4.74 Å². The molecule has 3 saturated carbocycles. The van der Waals surface area contributed by atoms with Crippen LogP contribution in [-0.2, 0) is 4.74 Å². The topological polar surface area (TPSA) is 34.4 Å². The molecule has 1 N–H and O–H groups in total. The predicted octanol–water partition coefficient (Wildman–Crippen LogP) is 6.80. The molecule has 2 bridgehead atoms. The van der Waals surface area contributed by atoms with Crippen molar-refractivity contribution in [2.45, 2.75) is 149 Å². The maximum Gasteiger partial charge on any atom is 0.0827 e. The van der Waals surface area contributed by atoms with Gasteiger partial charge in [0.1, 0.15) is 0 Å². The lowest BCUT2D eigenvalue weighted by atomic mass is 9.45. The third-order valence-corrected chi connectivity index (χ3v) is 12.3. The van der Waals surface area contributed by atoms with E-state index in [2.05, 4.69) is 79.5 Å². The van der Waals surface area contributed by atoms with Crippen molar-refractivity contribution in [1.82, 2.24) is 10.2 Å². The molecule has 0 amide bonds. The Labute approximate surface area is 199 Å². The number of likely N-dealkylation sites (tertiary alicyclic amines) is 1. The Balaban J connectivity index is 1.45.